The summed E-state index contributed by atoms with van der Waals surface area (Å²) in [5.41, 5.74) is -0.0934. The fraction of sp³-hybridized carbons (Fsp3) is 0.931. The Morgan fingerprint density at radius 3 is 2.53 bits per heavy atom. The monoisotopic (exact) mass is 472 g/mol. The Bertz CT molecular complexity index is 861. The molecule has 6 fully saturated rings. The lowest BCUT2D eigenvalue weighted by atomic mass is 9.44. The molecule has 34 heavy (non-hydrogen) atoms. The number of esters is 1. The molecule has 0 aromatic carbocycles. The second-order valence-corrected chi connectivity index (χ2v) is 13.5. The number of carbonyl (C=O) groups excluding carboxylic acids is 2. The summed E-state index contributed by atoms with van der Waals surface area (Å²) in [6.07, 6.45) is 9.47. The number of Topliss-reactive ketones (excluding diaryl/α,β-unsaturated/α-hetero) is 1. The van der Waals surface area contributed by atoms with E-state index in [9.17, 15) is 9.59 Å². The zero-order valence-corrected chi connectivity index (χ0v) is 21.8. The summed E-state index contributed by atoms with van der Waals surface area (Å²) in [4.78, 5) is 25.7. The summed E-state index contributed by atoms with van der Waals surface area (Å²) in [5, 5.41) is 0. The van der Waals surface area contributed by atoms with Crippen molar-refractivity contribution in [3.63, 3.8) is 0 Å². The van der Waals surface area contributed by atoms with Gasteiger partial charge < -0.3 is 14.2 Å². The number of rotatable bonds is 1. The molecule has 5 heteroatoms. The van der Waals surface area contributed by atoms with E-state index in [0.29, 0.717) is 35.4 Å². The Labute approximate surface area is 205 Å². The van der Waals surface area contributed by atoms with Crippen molar-refractivity contribution in [2.24, 2.45) is 52.3 Å². The van der Waals surface area contributed by atoms with Gasteiger partial charge in [0.25, 0.3) is 0 Å². The van der Waals surface area contributed by atoms with Gasteiger partial charge in [0.2, 0.25) is 0 Å². The molecule has 2 heterocycles. The average molecular weight is 473 g/mol. The van der Waals surface area contributed by atoms with Gasteiger partial charge in [0.1, 0.15) is 11.9 Å². The van der Waals surface area contributed by atoms with E-state index in [4.69, 9.17) is 14.2 Å². The first-order valence-electron chi connectivity index (χ1n) is 14.1. The van der Waals surface area contributed by atoms with Crippen LogP contribution in [-0.4, -0.2) is 36.4 Å². The molecule has 6 rings (SSSR count). The molecule has 2 aliphatic heterocycles. The smallest absolute Gasteiger partial charge is 0.302 e. The molecule has 4 saturated carbocycles. The summed E-state index contributed by atoms with van der Waals surface area (Å²) in [6, 6.07) is 0. The van der Waals surface area contributed by atoms with E-state index >= 15 is 0 Å². The predicted octanol–water partition coefficient (Wildman–Crippen LogP) is 5.54. The minimum atomic E-state index is -0.467. The van der Waals surface area contributed by atoms with Crippen molar-refractivity contribution in [2.45, 2.75) is 110 Å². The maximum atomic E-state index is 14.1. The number of ether oxygens (including phenoxy) is 3. The zero-order chi connectivity index (χ0) is 24.0. The van der Waals surface area contributed by atoms with Crippen LogP contribution in [-0.2, 0) is 23.8 Å². The molecule has 6 aliphatic rings. The van der Waals surface area contributed by atoms with Crippen LogP contribution in [0.2, 0.25) is 0 Å². The van der Waals surface area contributed by atoms with Crippen molar-refractivity contribution in [2.75, 3.05) is 6.61 Å². The van der Waals surface area contributed by atoms with Gasteiger partial charge in [0.05, 0.1) is 12.7 Å². The summed E-state index contributed by atoms with van der Waals surface area (Å²) >= 11 is 0. The van der Waals surface area contributed by atoms with Gasteiger partial charge in [0.15, 0.2) is 5.79 Å². The molecule has 0 aromatic heterocycles. The van der Waals surface area contributed by atoms with Crippen LogP contribution in [0.1, 0.15) is 92.4 Å². The summed E-state index contributed by atoms with van der Waals surface area (Å²) in [6.45, 7) is 11.6. The van der Waals surface area contributed by atoms with Gasteiger partial charge >= 0.3 is 5.97 Å². The molecule has 5 nitrogen and oxygen atoms in total. The molecular weight excluding hydrogens is 428 g/mol. The standard InChI is InChI=1S/C29H44O5/c1-16-8-11-29(32-15-16)17(2)26-24(34-29)13-23-21-7-6-19-12-20(33-18(3)30)9-10-27(19,4)22(21)14-25(31)28(23,26)5/h16-17,19-24,26H,6-15H2,1-5H3/t16-,17-,19-,20-,21+,22-,23-,24-,26-,27-,28+,29?/m0/s1. The molecule has 0 bridgehead atoms. The van der Waals surface area contributed by atoms with E-state index < -0.39 is 5.79 Å². The third kappa shape index (κ3) is 3.11. The van der Waals surface area contributed by atoms with E-state index in [0.717, 1.165) is 51.6 Å². The average Bonchev–Trinajstić information content (AvgIpc) is 3.23. The molecule has 0 N–H and O–H groups in total. The van der Waals surface area contributed by atoms with Gasteiger partial charge in [-0.1, -0.05) is 27.7 Å². The third-order valence-electron chi connectivity index (χ3n) is 12.1. The molecule has 4 aliphatic carbocycles. The lowest BCUT2D eigenvalue weighted by Crippen LogP contribution is -2.58. The topological polar surface area (TPSA) is 61.8 Å². The fourth-order valence-electron chi connectivity index (χ4n) is 10.3. The van der Waals surface area contributed by atoms with Crippen molar-refractivity contribution >= 4 is 11.8 Å². The minimum Gasteiger partial charge on any atom is -0.463 e. The van der Waals surface area contributed by atoms with E-state index in [1.54, 1.807) is 0 Å². The predicted molar refractivity (Wildman–Crippen MR) is 128 cm³/mol. The van der Waals surface area contributed by atoms with Crippen molar-refractivity contribution < 1.29 is 23.8 Å². The second kappa shape index (κ2) is 7.78. The minimum absolute atomic E-state index is 0.0613. The molecular formula is C29H44O5. The Morgan fingerprint density at radius 1 is 1.03 bits per heavy atom. The van der Waals surface area contributed by atoms with E-state index in [1.165, 1.54) is 19.8 Å². The van der Waals surface area contributed by atoms with Crippen molar-refractivity contribution in [1.29, 1.82) is 0 Å². The summed E-state index contributed by atoms with van der Waals surface area (Å²) in [7, 11) is 0. The molecule has 0 aromatic rings. The van der Waals surface area contributed by atoms with E-state index in [2.05, 4.69) is 27.7 Å². The SMILES string of the molecule is CC(=O)O[C@H]1CC[C@@]2(C)[C@@H](CC[C@@H]3[C@@H]2CC(=O)[C@]2(C)[C@@H]4[C@H](C[C@@H]32)OC2(CC[C@H](C)CO2)[C@H]4C)C1. The van der Waals surface area contributed by atoms with Crippen molar-refractivity contribution in [1.82, 2.24) is 0 Å². The summed E-state index contributed by atoms with van der Waals surface area (Å²) in [5.74, 6) is 3.07. The van der Waals surface area contributed by atoms with Crippen LogP contribution < -0.4 is 0 Å². The van der Waals surface area contributed by atoms with E-state index in [-0.39, 0.29) is 40.8 Å². The fourth-order valence-corrected chi connectivity index (χ4v) is 10.3. The maximum absolute atomic E-state index is 14.1. The quantitative estimate of drug-likeness (QED) is 0.469. The molecule has 190 valence electrons. The Morgan fingerprint density at radius 2 is 1.82 bits per heavy atom. The van der Waals surface area contributed by atoms with Crippen LogP contribution in [0.5, 0.6) is 0 Å². The zero-order valence-electron chi connectivity index (χ0n) is 21.8. The maximum Gasteiger partial charge on any atom is 0.302 e. The van der Waals surface area contributed by atoms with Gasteiger partial charge in [-0.15, -0.1) is 0 Å². The molecule has 2 saturated heterocycles. The van der Waals surface area contributed by atoms with Crippen LogP contribution in [0, 0.1) is 52.3 Å². The van der Waals surface area contributed by atoms with Gasteiger partial charge in [-0.2, -0.15) is 0 Å². The van der Waals surface area contributed by atoms with E-state index in [1.807, 2.05) is 0 Å². The largest absolute Gasteiger partial charge is 0.463 e. The van der Waals surface area contributed by atoms with Crippen molar-refractivity contribution in [3.8, 4) is 0 Å². The molecule has 12 atom stereocenters. The highest BCUT2D eigenvalue weighted by molar-refractivity contribution is 5.87. The highest BCUT2D eigenvalue weighted by Crippen LogP contribution is 2.70. The number of hydrogen-bond acceptors (Lipinski definition) is 5. The first-order valence-corrected chi connectivity index (χ1v) is 14.1. The lowest BCUT2D eigenvalue weighted by Gasteiger charge is -2.60. The van der Waals surface area contributed by atoms with Gasteiger partial charge in [-0.05, 0) is 80.0 Å². The number of hydrogen-bond donors (Lipinski definition) is 0. The molecule has 0 radical (unpaired) electrons. The van der Waals surface area contributed by atoms with Gasteiger partial charge in [0, 0.05) is 37.0 Å². The highest BCUT2D eigenvalue weighted by atomic mass is 16.7. The van der Waals surface area contributed by atoms with Gasteiger partial charge in [-0.3, -0.25) is 9.59 Å². The third-order valence-corrected chi connectivity index (χ3v) is 12.1. The number of fused-ring (bicyclic) bond motifs is 7. The molecule has 1 spiro atoms. The number of ketones is 1. The first-order chi connectivity index (χ1) is 16.1. The van der Waals surface area contributed by atoms with Crippen LogP contribution >= 0.6 is 0 Å². The number of carbonyl (C=O) groups is 2. The Balaban J connectivity index is 1.25. The van der Waals surface area contributed by atoms with Crippen LogP contribution in [0.3, 0.4) is 0 Å². The molecule has 1 unspecified atom stereocenters. The van der Waals surface area contributed by atoms with Crippen LogP contribution in [0.4, 0.5) is 0 Å². The second-order valence-electron chi connectivity index (χ2n) is 13.5. The van der Waals surface area contributed by atoms with Crippen LogP contribution in [0.25, 0.3) is 0 Å². The van der Waals surface area contributed by atoms with Crippen molar-refractivity contribution in [3.05, 3.63) is 0 Å². The van der Waals surface area contributed by atoms with Crippen LogP contribution in [0.15, 0.2) is 0 Å². The first kappa shape index (κ1) is 23.5. The Hall–Kier alpha value is -0.940. The lowest BCUT2D eigenvalue weighted by molar-refractivity contribution is -0.272. The highest BCUT2D eigenvalue weighted by Gasteiger charge is 2.71. The molecule has 0 amide bonds. The normalized spacial score (nSPS) is 56.4. The van der Waals surface area contributed by atoms with Gasteiger partial charge in [-0.25, -0.2) is 0 Å². The summed E-state index contributed by atoms with van der Waals surface area (Å²) < 4.78 is 18.8. The Kier molecular flexibility index (Phi) is 5.37.